The first kappa shape index (κ1) is 26.5. The van der Waals surface area contributed by atoms with Crippen molar-refractivity contribution in [1.29, 1.82) is 0 Å². The van der Waals surface area contributed by atoms with E-state index in [4.69, 9.17) is 5.73 Å². The van der Waals surface area contributed by atoms with E-state index in [2.05, 4.69) is 18.1 Å². The molecule has 0 fully saturated rings. The highest BCUT2D eigenvalue weighted by Crippen LogP contribution is 2.15. The van der Waals surface area contributed by atoms with Gasteiger partial charge in [-0.1, -0.05) is 31.2 Å². The van der Waals surface area contributed by atoms with E-state index in [1.54, 1.807) is 11.1 Å². The molecule has 3 aromatic rings. The lowest BCUT2D eigenvalue weighted by atomic mass is 10.0. The number of nitrogens with zero attached hydrogens (tertiary/aromatic N) is 3. The van der Waals surface area contributed by atoms with Gasteiger partial charge in [-0.05, 0) is 60.6 Å². The third kappa shape index (κ3) is 8.56. The lowest BCUT2D eigenvalue weighted by Crippen LogP contribution is -2.46. The molecule has 3 rings (SSSR count). The first-order valence-corrected chi connectivity index (χ1v) is 12.1. The molecule has 0 unspecified atom stereocenters. The highest BCUT2D eigenvalue weighted by Gasteiger charge is 2.23. The third-order valence-corrected chi connectivity index (χ3v) is 6.01. The zero-order valence-corrected chi connectivity index (χ0v) is 20.1. The largest absolute Gasteiger partial charge is 0.390 e. The molecule has 0 bridgehead atoms. The third-order valence-electron chi connectivity index (χ3n) is 6.01. The van der Waals surface area contributed by atoms with Crippen molar-refractivity contribution in [3.05, 3.63) is 89.2 Å². The average molecular weight is 485 g/mol. The van der Waals surface area contributed by atoms with Crippen molar-refractivity contribution in [1.82, 2.24) is 14.7 Å². The van der Waals surface area contributed by atoms with Gasteiger partial charge in [-0.3, -0.25) is 9.48 Å². The van der Waals surface area contributed by atoms with Crippen molar-refractivity contribution < 1.29 is 18.7 Å². The lowest BCUT2D eigenvalue weighted by molar-refractivity contribution is -0.133. The molecule has 0 aliphatic carbocycles. The number of nitrogens with two attached hydrogens (primary N) is 1. The van der Waals surface area contributed by atoms with E-state index in [9.17, 15) is 18.7 Å². The molecule has 0 aliphatic rings. The molecule has 8 heteroatoms. The number of carbonyl (C=O) groups excluding carboxylic acids is 1. The minimum absolute atomic E-state index is 0.0350. The predicted molar refractivity (Wildman–Crippen MR) is 131 cm³/mol. The van der Waals surface area contributed by atoms with Crippen LogP contribution < -0.4 is 5.73 Å². The van der Waals surface area contributed by atoms with E-state index < -0.39 is 23.8 Å². The van der Waals surface area contributed by atoms with E-state index in [1.165, 1.54) is 17.7 Å². The van der Waals surface area contributed by atoms with E-state index >= 15 is 0 Å². The van der Waals surface area contributed by atoms with E-state index in [-0.39, 0.29) is 18.9 Å². The molecule has 0 saturated carbocycles. The van der Waals surface area contributed by atoms with Gasteiger partial charge in [0.1, 0.15) is 11.6 Å². The topological polar surface area (TPSA) is 84.4 Å². The summed E-state index contributed by atoms with van der Waals surface area (Å²) >= 11 is 0. The molecule has 0 spiro atoms. The summed E-state index contributed by atoms with van der Waals surface area (Å²) in [6.45, 7) is 3.19. The van der Waals surface area contributed by atoms with Crippen LogP contribution in [-0.2, 0) is 30.7 Å². The molecular weight excluding hydrogens is 450 g/mol. The Morgan fingerprint density at radius 1 is 1.09 bits per heavy atom. The molecule has 188 valence electrons. The monoisotopic (exact) mass is 484 g/mol. The number of benzene rings is 2. The van der Waals surface area contributed by atoms with Crippen molar-refractivity contribution >= 4 is 5.91 Å². The van der Waals surface area contributed by atoms with E-state index in [0.29, 0.717) is 24.9 Å². The van der Waals surface area contributed by atoms with Crippen LogP contribution in [0.2, 0.25) is 0 Å². The summed E-state index contributed by atoms with van der Waals surface area (Å²) in [5.41, 5.74) is 8.67. The number of halogens is 2. The Morgan fingerprint density at radius 2 is 1.83 bits per heavy atom. The van der Waals surface area contributed by atoms with Crippen molar-refractivity contribution in [2.24, 2.45) is 5.73 Å². The second-order valence-corrected chi connectivity index (χ2v) is 8.89. The van der Waals surface area contributed by atoms with Crippen LogP contribution in [0, 0.1) is 11.6 Å². The number of amides is 1. The fourth-order valence-corrected chi connectivity index (χ4v) is 4.06. The van der Waals surface area contributed by atoms with Crippen molar-refractivity contribution in [3.63, 3.8) is 0 Å². The van der Waals surface area contributed by atoms with Crippen LogP contribution in [0.3, 0.4) is 0 Å². The Bertz CT molecular complexity index is 1050. The van der Waals surface area contributed by atoms with Crippen molar-refractivity contribution in [2.45, 2.75) is 64.3 Å². The molecule has 6 nitrogen and oxygen atoms in total. The summed E-state index contributed by atoms with van der Waals surface area (Å²) in [6, 6.07) is 12.3. The highest BCUT2D eigenvalue weighted by atomic mass is 19.1. The number of hydrogen-bond donors (Lipinski definition) is 2. The summed E-state index contributed by atoms with van der Waals surface area (Å²) in [4.78, 5) is 14.7. The molecule has 1 heterocycles. The zero-order valence-electron chi connectivity index (χ0n) is 20.1. The first-order valence-electron chi connectivity index (χ1n) is 12.1. The molecule has 35 heavy (non-hydrogen) atoms. The van der Waals surface area contributed by atoms with Gasteiger partial charge in [-0.2, -0.15) is 5.10 Å². The molecular formula is C27H34F2N4O2. The minimum Gasteiger partial charge on any atom is -0.390 e. The number of aromatic nitrogens is 2. The molecule has 0 aliphatic heterocycles. The maximum atomic E-state index is 13.5. The number of rotatable bonds is 13. The predicted octanol–water partition coefficient (Wildman–Crippen LogP) is 3.85. The number of carbonyl (C=O) groups is 1. The van der Waals surface area contributed by atoms with Crippen LogP contribution in [0.4, 0.5) is 8.78 Å². The van der Waals surface area contributed by atoms with Gasteiger partial charge in [0, 0.05) is 50.6 Å². The first-order chi connectivity index (χ1) is 16.8. The number of aliphatic hydroxyl groups excluding tert-OH is 1. The summed E-state index contributed by atoms with van der Waals surface area (Å²) in [5, 5.41) is 15.0. The second-order valence-electron chi connectivity index (χ2n) is 8.89. The standard InChI is InChI=1S/C27H34F2N4O2/c1-2-20-7-5-8-21(13-20)18-32(27(35)9-3-4-11-33-12-6-10-31-33)19-26(34)25(30)16-22-14-23(28)17-24(29)15-22/h5-8,10,12-15,17,25-26,34H,2-4,9,11,16,18-19,30H2,1H3/t25-,26+/m0/s1. The van der Waals surface area contributed by atoms with Gasteiger partial charge in [-0.25, -0.2) is 8.78 Å². The summed E-state index contributed by atoms with van der Waals surface area (Å²) in [5.74, 6) is -1.45. The fourth-order valence-electron chi connectivity index (χ4n) is 4.06. The molecule has 1 aromatic heterocycles. The molecule has 3 N–H and O–H groups in total. The molecule has 2 atom stereocenters. The second kappa shape index (κ2) is 13.1. The maximum Gasteiger partial charge on any atom is 0.222 e. The SMILES string of the molecule is CCc1cccc(CN(C[C@@H](O)[C@@H](N)Cc2cc(F)cc(F)c2)C(=O)CCCCn2cccn2)c1. The number of unbranched alkanes of at least 4 members (excludes halogenated alkanes) is 1. The van der Waals surface area contributed by atoms with Gasteiger partial charge in [0.2, 0.25) is 5.91 Å². The zero-order chi connectivity index (χ0) is 25.2. The van der Waals surface area contributed by atoms with Crippen LogP contribution in [0.25, 0.3) is 0 Å². The number of hydrogen-bond acceptors (Lipinski definition) is 4. The molecule has 0 saturated heterocycles. The van der Waals surface area contributed by atoms with Gasteiger partial charge in [0.25, 0.3) is 0 Å². The van der Waals surface area contributed by atoms with Crippen LogP contribution in [0.15, 0.2) is 60.9 Å². The van der Waals surface area contributed by atoms with Gasteiger partial charge >= 0.3 is 0 Å². The Morgan fingerprint density at radius 3 is 2.51 bits per heavy atom. The summed E-state index contributed by atoms with van der Waals surface area (Å²) < 4.78 is 28.9. The van der Waals surface area contributed by atoms with Crippen LogP contribution >= 0.6 is 0 Å². The molecule has 2 aromatic carbocycles. The maximum absolute atomic E-state index is 13.5. The summed E-state index contributed by atoms with van der Waals surface area (Å²) in [7, 11) is 0. The van der Waals surface area contributed by atoms with Gasteiger partial charge < -0.3 is 15.7 Å². The molecule has 0 radical (unpaired) electrons. The van der Waals surface area contributed by atoms with Gasteiger partial charge in [0.05, 0.1) is 6.10 Å². The Kier molecular flexibility index (Phi) is 9.93. The Labute approximate surface area is 205 Å². The van der Waals surface area contributed by atoms with Crippen LogP contribution in [-0.4, -0.2) is 44.4 Å². The smallest absolute Gasteiger partial charge is 0.222 e. The van der Waals surface area contributed by atoms with Crippen LogP contribution in [0.5, 0.6) is 0 Å². The lowest BCUT2D eigenvalue weighted by Gasteiger charge is -2.28. The summed E-state index contributed by atoms with van der Waals surface area (Å²) in [6.07, 6.45) is 5.36. The Balaban J connectivity index is 1.63. The number of aliphatic hydroxyl groups is 1. The van der Waals surface area contributed by atoms with Crippen molar-refractivity contribution in [3.8, 4) is 0 Å². The molecule has 1 amide bonds. The van der Waals surface area contributed by atoms with Crippen molar-refractivity contribution in [2.75, 3.05) is 6.54 Å². The Hall–Kier alpha value is -3.10. The number of aryl methyl sites for hydroxylation is 2. The van der Waals surface area contributed by atoms with Gasteiger partial charge in [-0.15, -0.1) is 0 Å². The van der Waals surface area contributed by atoms with E-state index in [1.807, 2.05) is 35.1 Å². The van der Waals surface area contributed by atoms with Crippen LogP contribution in [0.1, 0.15) is 42.9 Å². The van der Waals surface area contributed by atoms with Gasteiger partial charge in [0.15, 0.2) is 0 Å². The highest BCUT2D eigenvalue weighted by molar-refractivity contribution is 5.76. The normalized spacial score (nSPS) is 12.9. The van der Waals surface area contributed by atoms with E-state index in [0.717, 1.165) is 31.0 Å². The fraction of sp³-hybridized carbons (Fsp3) is 0.407. The minimum atomic E-state index is -1.05. The quantitative estimate of drug-likeness (QED) is 0.361. The average Bonchev–Trinajstić information content (AvgIpc) is 3.34.